The molecule has 0 aliphatic carbocycles. The van der Waals surface area contributed by atoms with Crippen molar-refractivity contribution in [3.63, 3.8) is 0 Å². The fourth-order valence-electron chi connectivity index (χ4n) is 0.748. The molecule has 1 aromatic carbocycles. The van der Waals surface area contributed by atoms with E-state index in [1.807, 2.05) is 0 Å². The van der Waals surface area contributed by atoms with E-state index in [1.165, 1.54) is 18.2 Å². The van der Waals surface area contributed by atoms with Crippen molar-refractivity contribution in [2.24, 2.45) is 0 Å². The molecule has 1 atom stereocenters. The molecule has 1 unspecified atom stereocenters. The highest BCUT2D eigenvalue weighted by Gasteiger charge is 2.02. The van der Waals surface area contributed by atoms with Gasteiger partial charge in [-0.3, -0.25) is 8.74 Å². The zero-order valence-corrected chi connectivity index (χ0v) is 7.94. The maximum Gasteiger partial charge on any atom is 0.302 e. The molecule has 0 radical (unpaired) electrons. The summed E-state index contributed by atoms with van der Waals surface area (Å²) in [5, 5.41) is -0.0372. The first-order valence-electron chi connectivity index (χ1n) is 3.27. The lowest BCUT2D eigenvalue weighted by atomic mass is 10.2. The summed E-state index contributed by atoms with van der Waals surface area (Å²) in [6.45, 7) is -0.0802. The first-order chi connectivity index (χ1) is 6.09. The van der Waals surface area contributed by atoms with Gasteiger partial charge in [0.1, 0.15) is 5.82 Å². The molecule has 13 heavy (non-hydrogen) atoms. The Kier molecular flexibility index (Phi) is 3.80. The third-order valence-electron chi connectivity index (χ3n) is 1.31. The van der Waals surface area contributed by atoms with Crippen LogP contribution in [-0.4, -0.2) is 8.76 Å². The zero-order valence-electron chi connectivity index (χ0n) is 6.37. The molecule has 0 amide bonds. The van der Waals surface area contributed by atoms with Crippen LogP contribution >= 0.6 is 11.6 Å². The summed E-state index contributed by atoms with van der Waals surface area (Å²) in [5.41, 5.74) is 0.536. The normalized spacial score (nSPS) is 12.8. The van der Waals surface area contributed by atoms with E-state index in [9.17, 15) is 8.60 Å². The minimum absolute atomic E-state index is 0.0372. The van der Waals surface area contributed by atoms with Gasteiger partial charge in [-0.15, -0.1) is 0 Å². The Morgan fingerprint density at radius 3 is 2.85 bits per heavy atom. The summed E-state index contributed by atoms with van der Waals surface area (Å²) in [6, 6.07) is 3.93. The van der Waals surface area contributed by atoms with Crippen LogP contribution in [0.15, 0.2) is 18.2 Å². The molecule has 0 bridgehead atoms. The van der Waals surface area contributed by atoms with Crippen LogP contribution in [0.25, 0.3) is 0 Å². The Morgan fingerprint density at radius 2 is 2.31 bits per heavy atom. The molecule has 0 spiro atoms. The number of rotatable bonds is 3. The molecule has 0 saturated heterocycles. The molecular formula is C7H6ClFO3S. The summed E-state index contributed by atoms with van der Waals surface area (Å²) >= 11 is 3.15. The van der Waals surface area contributed by atoms with Gasteiger partial charge >= 0.3 is 11.4 Å². The third-order valence-corrected chi connectivity index (χ3v) is 1.92. The van der Waals surface area contributed by atoms with Crippen LogP contribution in [0.3, 0.4) is 0 Å². The van der Waals surface area contributed by atoms with Crippen LogP contribution in [0.5, 0.6) is 0 Å². The second-order valence-electron chi connectivity index (χ2n) is 2.23. The Hall–Kier alpha value is -0.490. The van der Waals surface area contributed by atoms with Crippen molar-refractivity contribution in [1.29, 1.82) is 0 Å². The summed E-state index contributed by atoms with van der Waals surface area (Å²) in [7, 11) is 0. The van der Waals surface area contributed by atoms with E-state index in [0.29, 0.717) is 5.56 Å². The highest BCUT2D eigenvalue weighted by molar-refractivity contribution is 7.74. The van der Waals surface area contributed by atoms with Crippen molar-refractivity contribution in [2.45, 2.75) is 6.61 Å². The van der Waals surface area contributed by atoms with Gasteiger partial charge < -0.3 is 0 Å². The lowest BCUT2D eigenvalue weighted by molar-refractivity contribution is 0.297. The number of halogens is 2. The molecule has 0 aromatic heterocycles. The second-order valence-corrected chi connectivity index (χ2v) is 3.30. The van der Waals surface area contributed by atoms with Gasteiger partial charge in [-0.05, 0) is 17.7 Å². The highest BCUT2D eigenvalue weighted by Crippen LogP contribution is 2.16. The van der Waals surface area contributed by atoms with Crippen molar-refractivity contribution in [2.75, 3.05) is 0 Å². The number of benzene rings is 1. The monoisotopic (exact) mass is 224 g/mol. The topological polar surface area (TPSA) is 46.5 Å². The number of hydrogen-bond acceptors (Lipinski definition) is 2. The highest BCUT2D eigenvalue weighted by atomic mass is 35.5. The van der Waals surface area contributed by atoms with Crippen molar-refractivity contribution in [3.8, 4) is 0 Å². The largest absolute Gasteiger partial charge is 0.302 e. The average Bonchev–Trinajstić information content (AvgIpc) is 2.07. The van der Waals surface area contributed by atoms with Crippen molar-refractivity contribution in [1.82, 2.24) is 0 Å². The standard InChI is InChI=1S/C7H6ClFO3S/c8-6-3-5(1-2-7(6)9)4-12-13(10)11/h1-3H,4H2,(H,10,11). The SMILES string of the molecule is O=S(O)OCc1ccc(F)c(Cl)c1. The van der Waals surface area contributed by atoms with Crippen molar-refractivity contribution >= 4 is 23.0 Å². The van der Waals surface area contributed by atoms with E-state index in [-0.39, 0.29) is 11.6 Å². The van der Waals surface area contributed by atoms with E-state index in [1.54, 1.807) is 0 Å². The first kappa shape index (κ1) is 10.6. The zero-order chi connectivity index (χ0) is 9.84. The van der Waals surface area contributed by atoms with Gasteiger partial charge in [0.05, 0.1) is 11.6 Å². The van der Waals surface area contributed by atoms with E-state index in [2.05, 4.69) is 4.18 Å². The van der Waals surface area contributed by atoms with Gasteiger partial charge in [-0.1, -0.05) is 17.7 Å². The van der Waals surface area contributed by atoms with Gasteiger partial charge in [-0.25, -0.2) is 4.39 Å². The smallest absolute Gasteiger partial charge is 0.284 e. The molecule has 0 heterocycles. The Labute approximate surface area is 82.0 Å². The quantitative estimate of drug-likeness (QED) is 0.801. The van der Waals surface area contributed by atoms with Crippen LogP contribution in [0.1, 0.15) is 5.56 Å². The maximum absolute atomic E-state index is 12.6. The minimum atomic E-state index is -2.31. The second kappa shape index (κ2) is 4.66. The molecular weight excluding hydrogens is 219 g/mol. The van der Waals surface area contributed by atoms with Crippen LogP contribution in [0.2, 0.25) is 5.02 Å². The molecule has 0 fully saturated rings. The van der Waals surface area contributed by atoms with Gasteiger partial charge in [0, 0.05) is 0 Å². The molecule has 0 aliphatic rings. The lowest BCUT2D eigenvalue weighted by Gasteiger charge is -2.00. The minimum Gasteiger partial charge on any atom is -0.284 e. The molecule has 1 aromatic rings. The molecule has 0 saturated carbocycles. The van der Waals surface area contributed by atoms with Gasteiger partial charge in [0.2, 0.25) is 0 Å². The van der Waals surface area contributed by atoms with E-state index < -0.39 is 17.2 Å². The Morgan fingerprint density at radius 1 is 1.62 bits per heavy atom. The Bertz CT molecular complexity index is 332. The summed E-state index contributed by atoms with van der Waals surface area (Å²) in [6.07, 6.45) is 0. The van der Waals surface area contributed by atoms with Crippen LogP contribution in [0.4, 0.5) is 4.39 Å². The fourth-order valence-corrected chi connectivity index (χ4v) is 1.19. The molecule has 72 valence electrons. The number of hydrogen-bond donors (Lipinski definition) is 1. The first-order valence-corrected chi connectivity index (χ1v) is 4.68. The predicted molar refractivity (Wildman–Crippen MR) is 47.0 cm³/mol. The maximum atomic E-state index is 12.6. The molecule has 1 N–H and O–H groups in total. The van der Waals surface area contributed by atoms with Gasteiger partial charge in [0.25, 0.3) is 0 Å². The fraction of sp³-hybridized carbons (Fsp3) is 0.143. The summed E-state index contributed by atoms with van der Waals surface area (Å²) in [5.74, 6) is -0.532. The molecule has 0 aliphatic heterocycles. The molecule has 6 heteroatoms. The summed E-state index contributed by atoms with van der Waals surface area (Å²) in [4.78, 5) is 0. The van der Waals surface area contributed by atoms with E-state index in [4.69, 9.17) is 16.2 Å². The lowest BCUT2D eigenvalue weighted by Crippen LogP contribution is -1.95. The van der Waals surface area contributed by atoms with Gasteiger partial charge in [0.15, 0.2) is 0 Å². The Balaban J connectivity index is 2.68. The van der Waals surface area contributed by atoms with E-state index in [0.717, 1.165) is 0 Å². The van der Waals surface area contributed by atoms with Crippen molar-refractivity contribution in [3.05, 3.63) is 34.6 Å². The molecule has 3 nitrogen and oxygen atoms in total. The van der Waals surface area contributed by atoms with E-state index >= 15 is 0 Å². The third kappa shape index (κ3) is 3.40. The predicted octanol–water partition coefficient (Wildman–Crippen LogP) is 2.13. The molecule has 1 rings (SSSR count). The summed E-state index contributed by atoms with van der Waals surface area (Å²) < 4.78 is 35.4. The average molecular weight is 225 g/mol. The van der Waals surface area contributed by atoms with Gasteiger partial charge in [-0.2, -0.15) is 4.21 Å². The van der Waals surface area contributed by atoms with Crippen LogP contribution in [-0.2, 0) is 22.2 Å². The van der Waals surface area contributed by atoms with Crippen LogP contribution < -0.4 is 0 Å². The van der Waals surface area contributed by atoms with Crippen molar-refractivity contribution < 1.29 is 17.3 Å². The van der Waals surface area contributed by atoms with Crippen LogP contribution in [0, 0.1) is 5.82 Å².